The van der Waals surface area contributed by atoms with Crippen LogP contribution in [0.4, 0.5) is 10.7 Å². The molecule has 3 rings (SSSR count). The lowest BCUT2D eigenvalue weighted by Crippen LogP contribution is -2.30. The summed E-state index contributed by atoms with van der Waals surface area (Å²) in [6.45, 7) is 6.78. The number of amides is 1. The van der Waals surface area contributed by atoms with E-state index in [1.165, 1.54) is 24.0 Å². The van der Waals surface area contributed by atoms with E-state index in [-0.39, 0.29) is 5.91 Å². The molecule has 0 radical (unpaired) electrons. The molecule has 2 N–H and O–H groups in total. The van der Waals surface area contributed by atoms with E-state index in [1.807, 2.05) is 56.3 Å². The number of nitrogens with zero attached hydrogens (tertiary/aromatic N) is 1. The highest BCUT2D eigenvalue weighted by atomic mass is 32.1. The molecule has 0 aliphatic rings. The van der Waals surface area contributed by atoms with Crippen LogP contribution in [0.15, 0.2) is 54.6 Å². The zero-order valence-corrected chi connectivity index (χ0v) is 21.4. The Morgan fingerprint density at radius 2 is 1.65 bits per heavy atom. The van der Waals surface area contributed by atoms with Gasteiger partial charge >= 0.3 is 5.97 Å². The third kappa shape index (κ3) is 5.81. The number of carbonyl (C=O) groups is 2. The molecule has 0 spiro atoms. The SMILES string of the molecule is CCN(CC)C(=O)c1sc(NC(=S)Nc2ccccc2Cc2ccccc2)c(C(=O)OC)c1C. The van der Waals surface area contributed by atoms with Crippen molar-refractivity contribution in [1.29, 1.82) is 0 Å². The summed E-state index contributed by atoms with van der Waals surface area (Å²) in [7, 11) is 1.32. The average molecular weight is 496 g/mol. The van der Waals surface area contributed by atoms with E-state index < -0.39 is 5.97 Å². The van der Waals surface area contributed by atoms with E-state index in [2.05, 4.69) is 22.8 Å². The summed E-state index contributed by atoms with van der Waals surface area (Å²) in [4.78, 5) is 27.8. The van der Waals surface area contributed by atoms with Gasteiger partial charge in [-0.1, -0.05) is 48.5 Å². The molecule has 178 valence electrons. The Bertz CT molecular complexity index is 1170. The lowest BCUT2D eigenvalue weighted by atomic mass is 10.0. The molecule has 2 aromatic carbocycles. The maximum atomic E-state index is 13.0. The Hall–Kier alpha value is -3.23. The fraction of sp³-hybridized carbons (Fsp3) is 0.269. The van der Waals surface area contributed by atoms with Gasteiger partial charge in [0.25, 0.3) is 5.91 Å². The molecule has 0 aliphatic carbocycles. The summed E-state index contributed by atoms with van der Waals surface area (Å²) < 4.78 is 4.99. The van der Waals surface area contributed by atoms with E-state index in [1.54, 1.807) is 11.8 Å². The number of ether oxygens (including phenoxy) is 1. The smallest absolute Gasteiger partial charge is 0.341 e. The molecule has 1 heterocycles. The van der Waals surface area contributed by atoms with Gasteiger partial charge in [0, 0.05) is 18.8 Å². The summed E-state index contributed by atoms with van der Waals surface area (Å²) in [5.41, 5.74) is 4.06. The predicted molar refractivity (Wildman–Crippen MR) is 143 cm³/mol. The summed E-state index contributed by atoms with van der Waals surface area (Å²) in [5, 5.41) is 7.18. The van der Waals surface area contributed by atoms with Crippen LogP contribution in [0.25, 0.3) is 0 Å². The molecular formula is C26H29N3O3S2. The van der Waals surface area contributed by atoms with E-state index in [0.717, 1.165) is 17.7 Å². The number of methoxy groups -OCH3 is 1. The molecule has 0 atom stereocenters. The van der Waals surface area contributed by atoms with Crippen molar-refractivity contribution in [3.8, 4) is 0 Å². The van der Waals surface area contributed by atoms with Crippen LogP contribution in [0, 0.1) is 6.92 Å². The minimum absolute atomic E-state index is 0.113. The Kier molecular flexibility index (Phi) is 8.79. The van der Waals surface area contributed by atoms with Crippen LogP contribution in [-0.4, -0.2) is 42.1 Å². The maximum absolute atomic E-state index is 13.0. The molecular weight excluding hydrogens is 466 g/mol. The quantitative estimate of drug-likeness (QED) is 0.307. The van der Waals surface area contributed by atoms with Crippen molar-refractivity contribution in [2.45, 2.75) is 27.2 Å². The van der Waals surface area contributed by atoms with Crippen LogP contribution in [0.2, 0.25) is 0 Å². The van der Waals surface area contributed by atoms with E-state index in [9.17, 15) is 9.59 Å². The Morgan fingerprint density at radius 3 is 2.29 bits per heavy atom. The highest BCUT2D eigenvalue weighted by molar-refractivity contribution is 7.80. The number of esters is 1. The van der Waals surface area contributed by atoms with Crippen LogP contribution < -0.4 is 10.6 Å². The van der Waals surface area contributed by atoms with Gasteiger partial charge in [-0.15, -0.1) is 11.3 Å². The van der Waals surface area contributed by atoms with Gasteiger partial charge in [-0.2, -0.15) is 0 Å². The van der Waals surface area contributed by atoms with Gasteiger partial charge in [0.2, 0.25) is 0 Å². The molecule has 3 aromatic rings. The number of hydrogen-bond acceptors (Lipinski definition) is 5. The Morgan fingerprint density at radius 1 is 1.00 bits per heavy atom. The third-order valence-electron chi connectivity index (χ3n) is 5.51. The first-order valence-electron chi connectivity index (χ1n) is 11.1. The second kappa shape index (κ2) is 11.8. The summed E-state index contributed by atoms with van der Waals surface area (Å²) >= 11 is 6.79. The van der Waals surface area contributed by atoms with Gasteiger partial charge in [-0.25, -0.2) is 4.79 Å². The molecule has 0 aliphatic heterocycles. The molecule has 0 bridgehead atoms. The number of nitrogens with one attached hydrogen (secondary N) is 2. The molecule has 0 saturated carbocycles. The summed E-state index contributed by atoms with van der Waals surface area (Å²) in [6, 6.07) is 18.1. The number of para-hydroxylation sites is 1. The standard InChI is InChI=1S/C26H29N3O3S2/c1-5-29(6-2)24(30)22-17(3)21(25(31)32-4)23(34-22)28-26(33)27-20-15-11-10-14-19(20)16-18-12-8-7-9-13-18/h7-15H,5-6,16H2,1-4H3,(H2,27,28,33). The van der Waals surface area contributed by atoms with Gasteiger partial charge in [-0.3, -0.25) is 4.79 Å². The molecule has 0 saturated heterocycles. The van der Waals surface area contributed by atoms with Gasteiger partial charge in [0.1, 0.15) is 5.00 Å². The number of thiophene rings is 1. The second-order valence-corrected chi connectivity index (χ2v) is 9.06. The second-order valence-electron chi connectivity index (χ2n) is 7.63. The van der Waals surface area contributed by atoms with Gasteiger partial charge < -0.3 is 20.3 Å². The summed E-state index contributed by atoms with van der Waals surface area (Å²) in [5.74, 6) is -0.625. The normalized spacial score (nSPS) is 10.5. The van der Waals surface area contributed by atoms with Crippen LogP contribution in [-0.2, 0) is 11.2 Å². The van der Waals surface area contributed by atoms with E-state index in [0.29, 0.717) is 39.2 Å². The first-order chi connectivity index (χ1) is 16.4. The highest BCUT2D eigenvalue weighted by Crippen LogP contribution is 2.35. The first kappa shape index (κ1) is 25.4. The minimum Gasteiger partial charge on any atom is -0.465 e. The van der Waals surface area contributed by atoms with Gasteiger partial charge in [0.15, 0.2) is 5.11 Å². The lowest BCUT2D eigenvalue weighted by Gasteiger charge is -2.18. The van der Waals surface area contributed by atoms with Crippen molar-refractivity contribution in [3.63, 3.8) is 0 Å². The fourth-order valence-electron chi connectivity index (χ4n) is 3.68. The molecule has 1 aromatic heterocycles. The molecule has 1 amide bonds. The van der Waals surface area contributed by atoms with Crippen LogP contribution in [0.5, 0.6) is 0 Å². The van der Waals surface area contributed by atoms with Crippen LogP contribution >= 0.6 is 23.6 Å². The van der Waals surface area contributed by atoms with Gasteiger partial charge in [-0.05, 0) is 62.2 Å². The van der Waals surface area contributed by atoms with Crippen molar-refractivity contribution in [2.24, 2.45) is 0 Å². The molecule has 0 unspecified atom stereocenters. The monoisotopic (exact) mass is 495 g/mol. The Balaban J connectivity index is 1.86. The zero-order chi connectivity index (χ0) is 24.7. The number of thiocarbonyl (C=S) groups is 1. The van der Waals surface area contributed by atoms with E-state index in [4.69, 9.17) is 17.0 Å². The number of benzene rings is 2. The average Bonchev–Trinajstić information content (AvgIpc) is 3.16. The predicted octanol–water partition coefficient (Wildman–Crippen LogP) is 5.72. The van der Waals surface area contributed by atoms with Gasteiger partial charge in [0.05, 0.1) is 17.6 Å². The Labute approximate surface area is 209 Å². The minimum atomic E-state index is -0.512. The summed E-state index contributed by atoms with van der Waals surface area (Å²) in [6.07, 6.45) is 0.751. The van der Waals surface area contributed by atoms with Crippen molar-refractivity contribution in [1.82, 2.24) is 4.90 Å². The number of hydrogen-bond donors (Lipinski definition) is 2. The number of carbonyl (C=O) groups excluding carboxylic acids is 2. The molecule has 6 nitrogen and oxygen atoms in total. The number of anilines is 2. The third-order valence-corrected chi connectivity index (χ3v) is 6.91. The molecule has 0 fully saturated rings. The first-order valence-corrected chi connectivity index (χ1v) is 12.3. The zero-order valence-electron chi connectivity index (χ0n) is 19.8. The number of rotatable bonds is 8. The highest BCUT2D eigenvalue weighted by Gasteiger charge is 2.27. The van der Waals surface area contributed by atoms with Crippen molar-refractivity contribution in [2.75, 3.05) is 30.8 Å². The van der Waals surface area contributed by atoms with Crippen molar-refractivity contribution in [3.05, 3.63) is 81.7 Å². The molecule has 8 heteroatoms. The van der Waals surface area contributed by atoms with Crippen molar-refractivity contribution < 1.29 is 14.3 Å². The van der Waals surface area contributed by atoms with Crippen LogP contribution in [0.1, 0.15) is 50.6 Å². The van der Waals surface area contributed by atoms with Crippen molar-refractivity contribution >= 4 is 51.2 Å². The molecule has 34 heavy (non-hydrogen) atoms. The van der Waals surface area contributed by atoms with Crippen LogP contribution in [0.3, 0.4) is 0 Å². The maximum Gasteiger partial charge on any atom is 0.341 e. The van der Waals surface area contributed by atoms with E-state index >= 15 is 0 Å². The fourth-order valence-corrected chi connectivity index (χ4v) is 5.12. The topological polar surface area (TPSA) is 70.7 Å². The largest absolute Gasteiger partial charge is 0.465 e. The lowest BCUT2D eigenvalue weighted by molar-refractivity contribution is 0.0601.